The summed E-state index contributed by atoms with van der Waals surface area (Å²) in [5, 5.41) is 3.63. The Morgan fingerprint density at radius 1 is 1.14 bits per heavy atom. The maximum Gasteiger partial charge on any atom is 0.342 e. The van der Waals surface area contributed by atoms with Crippen molar-refractivity contribution in [2.24, 2.45) is 0 Å². The zero-order valence-electron chi connectivity index (χ0n) is 20.3. The lowest BCUT2D eigenvalue weighted by molar-refractivity contribution is 0.0596. The number of carbonyl (C=O) groups excluding carboxylic acids is 1. The highest BCUT2D eigenvalue weighted by Gasteiger charge is 2.21. The number of anilines is 1. The van der Waals surface area contributed by atoms with Gasteiger partial charge in [-0.2, -0.15) is 0 Å². The van der Waals surface area contributed by atoms with E-state index in [1.54, 1.807) is 12.1 Å². The Labute approximate surface area is 206 Å². The van der Waals surface area contributed by atoms with Crippen LogP contribution >= 0.6 is 0 Å². The molecule has 7 nitrogen and oxygen atoms in total. The SMILES string of the molecule is COC(=O)c1c(F)cccc1N[C@H](C)c1cc(C)cc2c(=O)cc(-c3ccc4nc(C)cn4c3)oc12. The molecular weight excluding hydrogens is 461 g/mol. The van der Waals surface area contributed by atoms with Crippen LogP contribution in [-0.2, 0) is 4.74 Å². The number of fused-ring (bicyclic) bond motifs is 2. The van der Waals surface area contributed by atoms with Gasteiger partial charge in [-0.3, -0.25) is 4.79 Å². The fourth-order valence-corrected chi connectivity index (χ4v) is 4.43. The highest BCUT2D eigenvalue weighted by Crippen LogP contribution is 2.32. The minimum atomic E-state index is -0.782. The van der Waals surface area contributed by atoms with Crippen molar-refractivity contribution in [3.8, 4) is 11.3 Å². The predicted molar refractivity (Wildman–Crippen MR) is 136 cm³/mol. The number of hydrogen-bond acceptors (Lipinski definition) is 6. The van der Waals surface area contributed by atoms with Crippen LogP contribution in [0.3, 0.4) is 0 Å². The Morgan fingerprint density at radius 2 is 1.94 bits per heavy atom. The monoisotopic (exact) mass is 485 g/mol. The van der Waals surface area contributed by atoms with Crippen LogP contribution < -0.4 is 10.7 Å². The zero-order chi connectivity index (χ0) is 25.6. The fraction of sp³-hybridized carbons (Fsp3) is 0.179. The first-order valence-corrected chi connectivity index (χ1v) is 11.4. The summed E-state index contributed by atoms with van der Waals surface area (Å²) < 4.78 is 27.4. The maximum atomic E-state index is 14.5. The highest BCUT2D eigenvalue weighted by atomic mass is 19.1. The van der Waals surface area contributed by atoms with Crippen molar-refractivity contribution in [1.82, 2.24) is 9.38 Å². The van der Waals surface area contributed by atoms with Crippen molar-refractivity contribution in [3.63, 3.8) is 0 Å². The van der Waals surface area contributed by atoms with Crippen molar-refractivity contribution in [1.29, 1.82) is 0 Å². The lowest BCUT2D eigenvalue weighted by Gasteiger charge is -2.20. The molecule has 0 saturated heterocycles. The summed E-state index contributed by atoms with van der Waals surface area (Å²) in [7, 11) is 1.20. The normalized spacial score (nSPS) is 12.1. The first-order chi connectivity index (χ1) is 17.2. The topological polar surface area (TPSA) is 85.8 Å². The molecule has 3 aromatic heterocycles. The van der Waals surface area contributed by atoms with Crippen LogP contribution in [0.1, 0.15) is 40.1 Å². The second-order valence-corrected chi connectivity index (χ2v) is 8.79. The Morgan fingerprint density at radius 3 is 2.72 bits per heavy atom. The summed E-state index contributed by atoms with van der Waals surface area (Å²) >= 11 is 0. The van der Waals surface area contributed by atoms with Crippen LogP contribution in [0.15, 0.2) is 70.1 Å². The number of nitrogens with zero attached hydrogens (tertiary/aromatic N) is 2. The Hall–Kier alpha value is -4.46. The van der Waals surface area contributed by atoms with Crippen molar-refractivity contribution < 1.29 is 18.3 Å². The average Bonchev–Trinajstić information content (AvgIpc) is 3.22. The van der Waals surface area contributed by atoms with E-state index in [1.807, 2.05) is 55.8 Å². The molecule has 0 saturated carbocycles. The van der Waals surface area contributed by atoms with Crippen molar-refractivity contribution in [2.45, 2.75) is 26.8 Å². The number of methoxy groups -OCH3 is 1. The van der Waals surface area contributed by atoms with E-state index < -0.39 is 17.8 Å². The summed E-state index contributed by atoms with van der Waals surface area (Å²) in [4.78, 5) is 29.8. The standard InChI is InChI=1S/C28H24FN3O4/c1-15-10-19(17(3)31-22-7-5-6-21(29)26(22)28(34)35-4)27-20(11-15)23(33)12-24(36-27)18-8-9-25-30-16(2)13-32(25)14-18/h5-14,17,31H,1-4H3/t17-/m1/s1. The van der Waals surface area contributed by atoms with E-state index in [0.717, 1.165) is 22.5 Å². The van der Waals surface area contributed by atoms with Gasteiger partial charge < -0.3 is 18.9 Å². The smallest absolute Gasteiger partial charge is 0.342 e. The molecule has 0 fully saturated rings. The zero-order valence-corrected chi connectivity index (χ0v) is 20.3. The third-order valence-corrected chi connectivity index (χ3v) is 6.10. The van der Waals surface area contributed by atoms with Gasteiger partial charge in [-0.15, -0.1) is 0 Å². The lowest BCUT2D eigenvalue weighted by atomic mass is 10.00. The summed E-state index contributed by atoms with van der Waals surface area (Å²) in [6, 6.07) is 12.8. The number of hydrogen-bond donors (Lipinski definition) is 1. The molecule has 0 aliphatic heterocycles. The number of pyridine rings is 1. The number of imidazole rings is 1. The summed E-state index contributed by atoms with van der Waals surface area (Å²) in [6.07, 6.45) is 3.76. The van der Waals surface area contributed by atoms with E-state index in [-0.39, 0.29) is 16.7 Å². The molecule has 2 aromatic carbocycles. The van der Waals surface area contributed by atoms with Crippen molar-refractivity contribution in [3.05, 3.63) is 99.3 Å². The molecule has 8 heteroatoms. The first kappa shape index (κ1) is 23.3. The molecule has 5 aromatic rings. The Kier molecular flexibility index (Phi) is 5.80. The lowest BCUT2D eigenvalue weighted by Crippen LogP contribution is -2.14. The molecule has 0 bridgehead atoms. The van der Waals surface area contributed by atoms with Crippen LogP contribution in [0, 0.1) is 19.7 Å². The predicted octanol–water partition coefficient (Wildman–Crippen LogP) is 5.82. The quantitative estimate of drug-likeness (QED) is 0.316. The number of benzene rings is 2. The van der Waals surface area contributed by atoms with Gasteiger partial charge >= 0.3 is 5.97 Å². The average molecular weight is 486 g/mol. The second-order valence-electron chi connectivity index (χ2n) is 8.79. The van der Waals surface area contributed by atoms with Crippen LogP contribution in [0.2, 0.25) is 0 Å². The van der Waals surface area contributed by atoms with Crippen molar-refractivity contribution in [2.75, 3.05) is 12.4 Å². The number of nitrogens with one attached hydrogen (secondary N) is 1. The van der Waals surface area contributed by atoms with Gasteiger partial charge in [0.2, 0.25) is 0 Å². The van der Waals surface area contributed by atoms with Gasteiger partial charge in [0.25, 0.3) is 0 Å². The van der Waals surface area contributed by atoms with Gasteiger partial charge in [-0.25, -0.2) is 14.2 Å². The number of aryl methyl sites for hydroxylation is 2. The number of esters is 1. The molecule has 0 unspecified atom stereocenters. The van der Waals surface area contributed by atoms with Gasteiger partial charge in [0.05, 0.1) is 29.9 Å². The van der Waals surface area contributed by atoms with Crippen molar-refractivity contribution >= 4 is 28.3 Å². The summed E-state index contributed by atoms with van der Waals surface area (Å²) in [5.41, 5.74) is 4.31. The molecule has 3 heterocycles. The van der Waals surface area contributed by atoms with E-state index >= 15 is 0 Å². The number of halogens is 1. The van der Waals surface area contributed by atoms with Crippen LogP contribution in [-0.4, -0.2) is 22.5 Å². The van der Waals surface area contributed by atoms with Gasteiger partial charge in [0.1, 0.15) is 28.4 Å². The van der Waals surface area contributed by atoms with E-state index in [1.165, 1.54) is 25.3 Å². The molecule has 182 valence electrons. The number of rotatable bonds is 5. The summed E-state index contributed by atoms with van der Waals surface area (Å²) in [5.74, 6) is -1.05. The van der Waals surface area contributed by atoms with Crippen LogP contribution in [0.5, 0.6) is 0 Å². The molecule has 0 spiro atoms. The fourth-order valence-electron chi connectivity index (χ4n) is 4.43. The van der Waals surface area contributed by atoms with E-state index in [2.05, 4.69) is 10.3 Å². The minimum absolute atomic E-state index is 0.175. The van der Waals surface area contributed by atoms with Crippen LogP contribution in [0.25, 0.3) is 27.9 Å². The third-order valence-electron chi connectivity index (χ3n) is 6.10. The molecule has 1 N–H and O–H groups in total. The van der Waals surface area contributed by atoms with E-state index in [9.17, 15) is 14.0 Å². The molecular formula is C28H24FN3O4. The largest absolute Gasteiger partial charge is 0.465 e. The summed E-state index contributed by atoms with van der Waals surface area (Å²) in [6.45, 7) is 5.66. The van der Waals surface area contributed by atoms with Gasteiger partial charge in [-0.05, 0) is 56.7 Å². The Balaban J connectivity index is 1.63. The number of ether oxygens (including phenoxy) is 1. The molecule has 0 aliphatic carbocycles. The van der Waals surface area contributed by atoms with E-state index in [4.69, 9.17) is 9.15 Å². The maximum absolute atomic E-state index is 14.5. The molecule has 1 atom stereocenters. The van der Waals surface area contributed by atoms with Gasteiger partial charge in [0, 0.05) is 29.6 Å². The molecule has 0 radical (unpaired) electrons. The molecule has 36 heavy (non-hydrogen) atoms. The van der Waals surface area contributed by atoms with Crippen LogP contribution in [0.4, 0.5) is 10.1 Å². The Bertz CT molecular complexity index is 1700. The number of carbonyl (C=O) groups is 1. The van der Waals surface area contributed by atoms with Gasteiger partial charge in [-0.1, -0.05) is 12.1 Å². The highest BCUT2D eigenvalue weighted by molar-refractivity contribution is 5.96. The molecule has 0 amide bonds. The molecule has 5 rings (SSSR count). The van der Waals surface area contributed by atoms with Gasteiger partial charge in [0.15, 0.2) is 5.43 Å². The minimum Gasteiger partial charge on any atom is -0.465 e. The van der Waals surface area contributed by atoms with E-state index in [0.29, 0.717) is 22.3 Å². The second kappa shape index (κ2) is 8.96. The third kappa shape index (κ3) is 4.11. The number of aromatic nitrogens is 2. The molecule has 0 aliphatic rings. The first-order valence-electron chi connectivity index (χ1n) is 11.4.